The lowest BCUT2D eigenvalue weighted by molar-refractivity contribution is -0.129. The Kier molecular flexibility index (Phi) is 3.86. The van der Waals surface area contributed by atoms with Crippen LogP contribution in [0, 0.1) is 0 Å². The van der Waals surface area contributed by atoms with Crippen LogP contribution in [0.1, 0.15) is 12.8 Å². The first-order chi connectivity index (χ1) is 7.58. The summed E-state index contributed by atoms with van der Waals surface area (Å²) >= 11 is 0. The third-order valence-electron chi connectivity index (χ3n) is 2.66. The number of hydrogen-bond donors (Lipinski definition) is 5. The molecular formula is C6H13NO8P2. The van der Waals surface area contributed by atoms with Crippen LogP contribution in [-0.2, 0) is 13.9 Å². The van der Waals surface area contributed by atoms with Gasteiger partial charge in [-0.05, 0) is 0 Å². The number of nitrogens with zero attached hydrogens (tertiary/aromatic N) is 1. The first-order valence-electron chi connectivity index (χ1n) is 4.60. The molecule has 0 aromatic heterocycles. The van der Waals surface area contributed by atoms with Gasteiger partial charge >= 0.3 is 15.2 Å². The predicted molar refractivity (Wildman–Crippen MR) is 54.9 cm³/mol. The summed E-state index contributed by atoms with van der Waals surface area (Å²) in [5.41, 5.74) is 0. The van der Waals surface area contributed by atoms with Crippen molar-refractivity contribution in [2.45, 2.75) is 17.9 Å². The molecule has 0 atom stereocenters. The molecule has 1 rings (SSSR count). The Morgan fingerprint density at radius 3 is 2.00 bits per heavy atom. The maximum absolute atomic E-state index is 11.4. The lowest BCUT2D eigenvalue weighted by Gasteiger charge is -2.38. The zero-order chi connectivity index (χ0) is 13.5. The minimum Gasteiger partial charge on any atom is -0.395 e. The van der Waals surface area contributed by atoms with Gasteiger partial charge in [0.25, 0.3) is 0 Å². The molecule has 1 aliphatic heterocycles. The van der Waals surface area contributed by atoms with E-state index in [0.717, 1.165) is 0 Å². The summed E-state index contributed by atoms with van der Waals surface area (Å²) in [6.07, 6.45) is -1.02. The second kappa shape index (κ2) is 4.44. The monoisotopic (exact) mass is 289 g/mol. The number of amides is 1. The standard InChI is InChI=1S/C6H13NO8P2/c8-4-3-7-5(9)1-2-6(7,16(10,11)12)17(13,14)15/h8H,1-4H2,(H2,10,11,12)(H2,13,14,15). The van der Waals surface area contributed by atoms with Crippen molar-refractivity contribution in [2.24, 2.45) is 0 Å². The number of aliphatic hydroxyl groups excluding tert-OH is 1. The van der Waals surface area contributed by atoms with Crippen molar-refractivity contribution in [3.8, 4) is 0 Å². The van der Waals surface area contributed by atoms with E-state index in [1.807, 2.05) is 0 Å². The van der Waals surface area contributed by atoms with E-state index >= 15 is 0 Å². The average Bonchev–Trinajstić information content (AvgIpc) is 2.43. The Labute approximate surface area is 96.4 Å². The fraction of sp³-hybridized carbons (Fsp3) is 0.833. The lowest BCUT2D eigenvalue weighted by atomic mass is 10.4. The first kappa shape index (κ1) is 14.8. The second-order valence-corrected chi connectivity index (χ2v) is 7.64. The molecule has 0 aliphatic carbocycles. The Morgan fingerprint density at radius 1 is 1.18 bits per heavy atom. The van der Waals surface area contributed by atoms with Gasteiger partial charge in [-0.15, -0.1) is 0 Å². The van der Waals surface area contributed by atoms with Crippen LogP contribution in [0.15, 0.2) is 0 Å². The summed E-state index contributed by atoms with van der Waals surface area (Å²) < 4.78 is 22.7. The molecule has 11 heteroatoms. The maximum Gasteiger partial charge on any atom is 0.363 e. The van der Waals surface area contributed by atoms with Crippen LogP contribution in [0.2, 0.25) is 0 Å². The molecule has 5 N–H and O–H groups in total. The van der Waals surface area contributed by atoms with E-state index < -0.39 is 45.7 Å². The zero-order valence-corrected chi connectivity index (χ0v) is 10.4. The topological polar surface area (TPSA) is 156 Å². The summed E-state index contributed by atoms with van der Waals surface area (Å²) in [6, 6.07) is 0. The van der Waals surface area contributed by atoms with E-state index in [9.17, 15) is 13.9 Å². The van der Waals surface area contributed by atoms with Crippen LogP contribution in [-0.4, -0.2) is 53.7 Å². The number of aliphatic hydroxyl groups is 1. The molecule has 0 bridgehead atoms. The molecule has 1 fully saturated rings. The molecule has 0 radical (unpaired) electrons. The van der Waals surface area contributed by atoms with Gasteiger partial charge < -0.3 is 29.6 Å². The van der Waals surface area contributed by atoms with Crippen LogP contribution >= 0.6 is 15.2 Å². The number of β-amino-alcohol motifs (C(OH)–C–C–N with tert-alkyl or cyclic N) is 1. The van der Waals surface area contributed by atoms with Crippen LogP contribution < -0.4 is 0 Å². The van der Waals surface area contributed by atoms with Gasteiger partial charge in [-0.25, -0.2) is 0 Å². The molecule has 0 unspecified atom stereocenters. The summed E-state index contributed by atoms with van der Waals surface area (Å²) in [5.74, 6) is -0.800. The van der Waals surface area contributed by atoms with Crippen LogP contribution in [0.4, 0.5) is 0 Å². The van der Waals surface area contributed by atoms with Gasteiger partial charge in [0.15, 0.2) is 0 Å². The van der Waals surface area contributed by atoms with Gasteiger partial charge in [-0.2, -0.15) is 0 Å². The lowest BCUT2D eigenvalue weighted by Crippen LogP contribution is -2.46. The molecular weight excluding hydrogens is 276 g/mol. The fourth-order valence-electron chi connectivity index (χ4n) is 1.92. The van der Waals surface area contributed by atoms with Gasteiger partial charge in [0, 0.05) is 19.4 Å². The summed E-state index contributed by atoms with van der Waals surface area (Å²) in [4.78, 5) is 48.4. The molecule has 1 amide bonds. The van der Waals surface area contributed by atoms with Crippen molar-refractivity contribution in [3.05, 3.63) is 0 Å². The van der Waals surface area contributed by atoms with Crippen molar-refractivity contribution in [1.29, 1.82) is 0 Å². The Morgan fingerprint density at radius 2 is 1.65 bits per heavy atom. The minimum absolute atomic E-state index is 0.379. The zero-order valence-electron chi connectivity index (χ0n) is 8.63. The van der Waals surface area contributed by atoms with E-state index in [-0.39, 0.29) is 6.42 Å². The van der Waals surface area contributed by atoms with E-state index in [1.54, 1.807) is 0 Å². The van der Waals surface area contributed by atoms with Crippen molar-refractivity contribution < 1.29 is 38.6 Å². The third-order valence-corrected chi connectivity index (χ3v) is 7.02. The van der Waals surface area contributed by atoms with Crippen LogP contribution in [0.5, 0.6) is 0 Å². The van der Waals surface area contributed by atoms with Crippen LogP contribution in [0.3, 0.4) is 0 Å². The number of hydrogen-bond acceptors (Lipinski definition) is 4. The summed E-state index contributed by atoms with van der Waals surface area (Å²) in [7, 11) is -10.5. The fourth-order valence-corrected chi connectivity index (χ4v) is 5.14. The van der Waals surface area contributed by atoms with Crippen molar-refractivity contribution >= 4 is 21.1 Å². The maximum atomic E-state index is 11.4. The van der Waals surface area contributed by atoms with Gasteiger partial charge in [-0.1, -0.05) is 0 Å². The molecule has 0 aromatic carbocycles. The predicted octanol–water partition coefficient (Wildman–Crippen LogP) is -1.39. The van der Waals surface area contributed by atoms with Gasteiger partial charge in [-0.3, -0.25) is 13.9 Å². The third kappa shape index (κ3) is 2.20. The largest absolute Gasteiger partial charge is 0.395 e. The van der Waals surface area contributed by atoms with E-state index in [0.29, 0.717) is 4.90 Å². The number of likely N-dealkylation sites (tertiary alicyclic amines) is 1. The molecule has 9 nitrogen and oxygen atoms in total. The molecule has 0 aromatic rings. The van der Waals surface area contributed by atoms with E-state index in [1.165, 1.54) is 0 Å². The second-order valence-electron chi connectivity index (χ2n) is 3.63. The number of carbonyl (C=O) groups is 1. The summed E-state index contributed by atoms with van der Waals surface area (Å²) in [6.45, 7) is -1.18. The number of carbonyl (C=O) groups excluding carboxylic acids is 1. The minimum atomic E-state index is -5.26. The van der Waals surface area contributed by atoms with E-state index in [4.69, 9.17) is 24.7 Å². The summed E-state index contributed by atoms with van der Waals surface area (Å²) in [5, 5.41) is 5.87. The molecule has 0 spiro atoms. The van der Waals surface area contributed by atoms with E-state index in [2.05, 4.69) is 0 Å². The number of rotatable bonds is 4. The normalized spacial score (nSPS) is 21.0. The highest BCUT2D eigenvalue weighted by atomic mass is 31.2. The Hall–Kier alpha value is -0.270. The highest BCUT2D eigenvalue weighted by molar-refractivity contribution is 7.72. The first-order valence-corrected chi connectivity index (χ1v) is 7.83. The molecule has 1 aliphatic rings. The molecule has 17 heavy (non-hydrogen) atoms. The Bertz CT molecular complexity index is 388. The van der Waals surface area contributed by atoms with Crippen molar-refractivity contribution in [3.63, 3.8) is 0 Å². The quantitative estimate of drug-likeness (QED) is 0.396. The van der Waals surface area contributed by atoms with Gasteiger partial charge in [0.05, 0.1) is 6.61 Å². The molecule has 100 valence electrons. The average molecular weight is 289 g/mol. The molecule has 0 saturated carbocycles. The molecule has 1 heterocycles. The van der Waals surface area contributed by atoms with Gasteiger partial charge in [0.1, 0.15) is 0 Å². The smallest absolute Gasteiger partial charge is 0.363 e. The van der Waals surface area contributed by atoms with Crippen molar-refractivity contribution in [2.75, 3.05) is 13.2 Å². The SMILES string of the molecule is O=C1CCC(P(=O)(O)O)(P(=O)(O)O)N1CCO. The van der Waals surface area contributed by atoms with Crippen LogP contribution in [0.25, 0.3) is 0 Å². The molecule has 1 saturated heterocycles. The highest BCUT2D eigenvalue weighted by Gasteiger charge is 2.67. The van der Waals surface area contributed by atoms with Gasteiger partial charge in [0.2, 0.25) is 10.9 Å². The highest BCUT2D eigenvalue weighted by Crippen LogP contribution is 2.73. The van der Waals surface area contributed by atoms with Crippen molar-refractivity contribution in [1.82, 2.24) is 4.90 Å². The Balaban J connectivity index is 3.39.